The maximum atomic E-state index is 12.0. The summed E-state index contributed by atoms with van der Waals surface area (Å²) >= 11 is 0. The van der Waals surface area contributed by atoms with Gasteiger partial charge in [0.15, 0.2) is 0 Å². The molecule has 5 nitrogen and oxygen atoms in total. The van der Waals surface area contributed by atoms with E-state index in [4.69, 9.17) is 0 Å². The molecule has 0 spiro atoms. The number of nitrogens with zero attached hydrogens (tertiary/aromatic N) is 2. The highest BCUT2D eigenvalue weighted by Crippen LogP contribution is 2.16. The largest absolute Gasteiger partial charge is 0.310 e. The molecule has 106 valence electrons. The van der Waals surface area contributed by atoms with Crippen LogP contribution in [-0.2, 0) is 0 Å². The Bertz CT molecular complexity index is 497. The highest BCUT2D eigenvalue weighted by Gasteiger charge is 2.22. The summed E-state index contributed by atoms with van der Waals surface area (Å²) in [6.45, 7) is 7.83. The third-order valence-electron chi connectivity index (χ3n) is 4.03. The molecule has 1 aromatic heterocycles. The number of H-pyrrole nitrogens is 1. The molecule has 0 aliphatic carbocycles. The van der Waals surface area contributed by atoms with Gasteiger partial charge in [-0.25, -0.2) is 4.98 Å². The third kappa shape index (κ3) is 3.22. The summed E-state index contributed by atoms with van der Waals surface area (Å²) < 4.78 is 0. The van der Waals surface area contributed by atoms with E-state index in [1.54, 1.807) is 0 Å². The predicted octanol–water partition coefficient (Wildman–Crippen LogP) is 1.13. The molecule has 2 heterocycles. The predicted molar refractivity (Wildman–Crippen MR) is 76.4 cm³/mol. The van der Waals surface area contributed by atoms with Crippen LogP contribution in [0.3, 0.4) is 0 Å². The minimum atomic E-state index is -0.0234. The third-order valence-corrected chi connectivity index (χ3v) is 4.03. The molecule has 2 rings (SSSR count). The van der Waals surface area contributed by atoms with Crippen molar-refractivity contribution in [3.05, 3.63) is 27.4 Å². The average Bonchev–Trinajstić information content (AvgIpc) is 2.70. The van der Waals surface area contributed by atoms with E-state index < -0.39 is 0 Å². The van der Waals surface area contributed by atoms with Crippen LogP contribution in [-0.4, -0.2) is 41.0 Å². The second-order valence-corrected chi connectivity index (χ2v) is 5.56. The Morgan fingerprint density at radius 3 is 2.84 bits per heavy atom. The smallest absolute Gasteiger partial charge is 0.255 e. The minimum Gasteiger partial charge on any atom is -0.310 e. The van der Waals surface area contributed by atoms with Crippen molar-refractivity contribution in [1.82, 2.24) is 20.2 Å². The van der Waals surface area contributed by atoms with Crippen LogP contribution in [0.1, 0.15) is 42.9 Å². The molecule has 0 aromatic carbocycles. The first-order chi connectivity index (χ1) is 8.99. The monoisotopic (exact) mass is 264 g/mol. The average molecular weight is 264 g/mol. The Balaban J connectivity index is 2.04. The molecule has 1 fully saturated rings. The second-order valence-electron chi connectivity index (χ2n) is 5.56. The molecule has 2 atom stereocenters. The van der Waals surface area contributed by atoms with Crippen molar-refractivity contribution in [2.75, 3.05) is 20.1 Å². The van der Waals surface area contributed by atoms with Crippen LogP contribution in [0, 0.1) is 13.8 Å². The number of aromatic amines is 1. The molecule has 2 unspecified atom stereocenters. The second kappa shape index (κ2) is 5.84. The molecular formula is C14H24N4O. The minimum absolute atomic E-state index is 0.0234. The molecule has 19 heavy (non-hydrogen) atoms. The molecule has 0 bridgehead atoms. The van der Waals surface area contributed by atoms with Crippen molar-refractivity contribution in [3.8, 4) is 0 Å². The number of rotatable bonds is 4. The molecule has 1 aromatic rings. The Morgan fingerprint density at radius 1 is 1.53 bits per heavy atom. The van der Waals surface area contributed by atoms with Gasteiger partial charge >= 0.3 is 0 Å². The topological polar surface area (TPSA) is 61.0 Å². The number of nitrogens with one attached hydrogen (secondary N) is 2. The van der Waals surface area contributed by atoms with Crippen molar-refractivity contribution >= 4 is 0 Å². The van der Waals surface area contributed by atoms with E-state index in [0.29, 0.717) is 11.9 Å². The molecule has 0 amide bonds. The zero-order valence-electron chi connectivity index (χ0n) is 12.3. The van der Waals surface area contributed by atoms with Gasteiger partial charge in [0.25, 0.3) is 5.56 Å². The first-order valence-corrected chi connectivity index (χ1v) is 7.00. The highest BCUT2D eigenvalue weighted by molar-refractivity contribution is 5.20. The lowest BCUT2D eigenvalue weighted by molar-refractivity contribution is 0.293. The van der Waals surface area contributed by atoms with E-state index in [-0.39, 0.29) is 11.6 Å². The van der Waals surface area contributed by atoms with Gasteiger partial charge in [-0.1, -0.05) is 0 Å². The lowest BCUT2D eigenvalue weighted by Crippen LogP contribution is -2.38. The number of likely N-dealkylation sites (tertiary alicyclic amines) is 1. The van der Waals surface area contributed by atoms with Crippen molar-refractivity contribution < 1.29 is 0 Å². The van der Waals surface area contributed by atoms with Gasteiger partial charge in [-0.05, 0) is 47.2 Å². The van der Waals surface area contributed by atoms with E-state index in [9.17, 15) is 4.79 Å². The van der Waals surface area contributed by atoms with Crippen LogP contribution in [0.2, 0.25) is 0 Å². The summed E-state index contributed by atoms with van der Waals surface area (Å²) in [5, 5.41) is 3.47. The van der Waals surface area contributed by atoms with Crippen LogP contribution >= 0.6 is 0 Å². The molecule has 0 saturated carbocycles. The van der Waals surface area contributed by atoms with Crippen LogP contribution in [0.25, 0.3) is 0 Å². The number of aryl methyl sites for hydroxylation is 2. The van der Waals surface area contributed by atoms with Crippen molar-refractivity contribution in [1.29, 1.82) is 0 Å². The van der Waals surface area contributed by atoms with Gasteiger partial charge in [-0.2, -0.15) is 0 Å². The van der Waals surface area contributed by atoms with Gasteiger partial charge in [0.1, 0.15) is 5.82 Å². The van der Waals surface area contributed by atoms with Crippen LogP contribution < -0.4 is 10.9 Å². The van der Waals surface area contributed by atoms with Crippen LogP contribution in [0.15, 0.2) is 4.79 Å². The van der Waals surface area contributed by atoms with Crippen LogP contribution in [0.4, 0.5) is 0 Å². The summed E-state index contributed by atoms with van der Waals surface area (Å²) in [4.78, 5) is 21.5. The Morgan fingerprint density at radius 2 is 2.26 bits per heavy atom. The fourth-order valence-corrected chi connectivity index (χ4v) is 2.90. The lowest BCUT2D eigenvalue weighted by Gasteiger charge is -2.23. The van der Waals surface area contributed by atoms with Gasteiger partial charge < -0.3 is 15.2 Å². The van der Waals surface area contributed by atoms with Gasteiger partial charge in [-0.3, -0.25) is 4.79 Å². The number of aromatic nitrogens is 2. The zero-order valence-corrected chi connectivity index (χ0v) is 12.3. The Labute approximate surface area is 114 Å². The fraction of sp³-hybridized carbons (Fsp3) is 0.714. The molecule has 1 saturated heterocycles. The standard InChI is InChI=1S/C14H24N4O/c1-9(15-8-12-6-5-7-18(12)4)13-10(2)16-11(3)17-14(13)19/h9,12,15H,5-8H2,1-4H3,(H,16,17,19). The normalized spacial score (nSPS) is 21.8. The summed E-state index contributed by atoms with van der Waals surface area (Å²) in [5.41, 5.74) is 1.55. The summed E-state index contributed by atoms with van der Waals surface area (Å²) in [5.74, 6) is 0.675. The van der Waals surface area contributed by atoms with Crippen molar-refractivity contribution in [2.24, 2.45) is 0 Å². The van der Waals surface area contributed by atoms with Gasteiger partial charge in [0.05, 0.1) is 5.56 Å². The molecule has 1 aliphatic rings. The van der Waals surface area contributed by atoms with E-state index in [0.717, 1.165) is 17.8 Å². The maximum absolute atomic E-state index is 12.0. The van der Waals surface area contributed by atoms with Crippen molar-refractivity contribution in [3.63, 3.8) is 0 Å². The SMILES string of the molecule is Cc1nc(C)c(C(C)NCC2CCCN2C)c(=O)[nH]1. The first kappa shape index (κ1) is 14.2. The lowest BCUT2D eigenvalue weighted by atomic mass is 10.1. The molecule has 0 radical (unpaired) electrons. The number of hydrogen-bond acceptors (Lipinski definition) is 4. The van der Waals surface area contributed by atoms with Gasteiger partial charge in [0.2, 0.25) is 0 Å². The summed E-state index contributed by atoms with van der Waals surface area (Å²) in [6, 6.07) is 0.617. The summed E-state index contributed by atoms with van der Waals surface area (Å²) in [7, 11) is 2.16. The molecule has 2 N–H and O–H groups in total. The molecule has 5 heteroatoms. The van der Waals surface area contributed by atoms with E-state index in [2.05, 4.69) is 27.2 Å². The van der Waals surface area contributed by atoms with Gasteiger partial charge in [0, 0.05) is 24.3 Å². The maximum Gasteiger partial charge on any atom is 0.255 e. The van der Waals surface area contributed by atoms with Gasteiger partial charge in [-0.15, -0.1) is 0 Å². The zero-order chi connectivity index (χ0) is 14.0. The quantitative estimate of drug-likeness (QED) is 0.856. The Kier molecular flexibility index (Phi) is 4.37. The first-order valence-electron chi connectivity index (χ1n) is 7.00. The van der Waals surface area contributed by atoms with Crippen LogP contribution in [0.5, 0.6) is 0 Å². The van der Waals surface area contributed by atoms with E-state index >= 15 is 0 Å². The molecular weight excluding hydrogens is 240 g/mol. The van der Waals surface area contributed by atoms with E-state index in [1.807, 2.05) is 20.8 Å². The fourth-order valence-electron chi connectivity index (χ4n) is 2.90. The van der Waals surface area contributed by atoms with Crippen molar-refractivity contribution in [2.45, 2.75) is 45.7 Å². The van der Waals surface area contributed by atoms with E-state index in [1.165, 1.54) is 19.4 Å². The number of likely N-dealkylation sites (N-methyl/N-ethyl adjacent to an activating group) is 1. The summed E-state index contributed by atoms with van der Waals surface area (Å²) in [6.07, 6.45) is 2.50. The Hall–Kier alpha value is -1.20. The highest BCUT2D eigenvalue weighted by atomic mass is 16.1. The molecule has 1 aliphatic heterocycles. The number of hydrogen-bond donors (Lipinski definition) is 2.